The molecule has 3 rings (SSSR count). The zero-order chi connectivity index (χ0) is 17.5. The smallest absolute Gasteiger partial charge is 0.277 e. The molecule has 25 heavy (non-hydrogen) atoms. The van der Waals surface area contributed by atoms with Crippen LogP contribution in [-0.4, -0.2) is 23.4 Å². The first-order valence-electron chi connectivity index (χ1n) is 7.75. The van der Waals surface area contributed by atoms with E-state index >= 15 is 0 Å². The highest BCUT2D eigenvalue weighted by Crippen LogP contribution is 2.29. The zero-order valence-electron chi connectivity index (χ0n) is 13.7. The van der Waals surface area contributed by atoms with E-state index in [-0.39, 0.29) is 12.5 Å². The number of nitrogens with zero attached hydrogens (tertiary/aromatic N) is 2. The van der Waals surface area contributed by atoms with Crippen molar-refractivity contribution in [2.24, 2.45) is 5.10 Å². The Hall–Kier alpha value is -3.41. The van der Waals surface area contributed by atoms with Crippen LogP contribution in [0.5, 0.6) is 5.75 Å². The van der Waals surface area contributed by atoms with E-state index in [0.29, 0.717) is 11.5 Å². The molecule has 1 amide bonds. The number of amides is 1. The highest BCUT2D eigenvalue weighted by Gasteiger charge is 2.10. The maximum Gasteiger partial charge on any atom is 0.277 e. The van der Waals surface area contributed by atoms with E-state index in [9.17, 15) is 4.79 Å². The van der Waals surface area contributed by atoms with Crippen LogP contribution in [0.15, 0.2) is 76.5 Å². The largest absolute Gasteiger partial charge is 0.483 e. The fourth-order valence-corrected chi connectivity index (χ4v) is 2.22. The third-order valence-corrected chi connectivity index (χ3v) is 3.49. The topological polar surface area (TPSA) is 76.7 Å². The number of para-hydroxylation sites is 1. The Bertz CT molecular complexity index is 859. The van der Waals surface area contributed by atoms with Gasteiger partial charge in [0.05, 0.1) is 17.5 Å². The second-order valence-electron chi connectivity index (χ2n) is 5.26. The standard InChI is InChI=1S/C19H17N3O3/c1-14(15-7-3-2-4-8-15)21-22-19(23)13-24-17-10-6-5-9-16(17)18-11-12-20-25-18/h2-12H,13H2,1H3,(H,22,23)/b21-14+. The van der Waals surface area contributed by atoms with Crippen LogP contribution >= 0.6 is 0 Å². The van der Waals surface area contributed by atoms with Crippen LogP contribution in [0.4, 0.5) is 0 Å². The summed E-state index contributed by atoms with van der Waals surface area (Å²) in [5.41, 5.74) is 4.89. The fraction of sp³-hybridized carbons (Fsp3) is 0.105. The molecule has 0 aliphatic heterocycles. The van der Waals surface area contributed by atoms with Crippen LogP contribution in [-0.2, 0) is 4.79 Å². The van der Waals surface area contributed by atoms with Crippen molar-refractivity contribution >= 4 is 11.6 Å². The average Bonchev–Trinajstić information content (AvgIpc) is 3.20. The van der Waals surface area contributed by atoms with E-state index in [2.05, 4.69) is 15.7 Å². The molecule has 0 saturated carbocycles. The first-order valence-corrected chi connectivity index (χ1v) is 7.75. The van der Waals surface area contributed by atoms with Crippen LogP contribution in [0.1, 0.15) is 12.5 Å². The van der Waals surface area contributed by atoms with E-state index < -0.39 is 0 Å². The van der Waals surface area contributed by atoms with Crippen molar-refractivity contribution in [2.45, 2.75) is 6.92 Å². The molecule has 0 bridgehead atoms. The lowest BCUT2D eigenvalue weighted by molar-refractivity contribution is -0.123. The molecule has 6 nitrogen and oxygen atoms in total. The van der Waals surface area contributed by atoms with Crippen LogP contribution in [0, 0.1) is 0 Å². The first kappa shape index (κ1) is 16.4. The summed E-state index contributed by atoms with van der Waals surface area (Å²) in [6.45, 7) is 1.67. The number of hydrogen-bond donors (Lipinski definition) is 1. The predicted octanol–water partition coefficient (Wildman–Crippen LogP) is 3.26. The number of aromatic nitrogens is 1. The van der Waals surface area contributed by atoms with Crippen LogP contribution < -0.4 is 10.2 Å². The van der Waals surface area contributed by atoms with Gasteiger partial charge in [-0.05, 0) is 24.6 Å². The molecule has 3 aromatic rings. The van der Waals surface area contributed by atoms with Gasteiger partial charge in [0.25, 0.3) is 5.91 Å². The van der Waals surface area contributed by atoms with E-state index in [1.807, 2.05) is 55.5 Å². The summed E-state index contributed by atoms with van der Waals surface area (Å²) in [6.07, 6.45) is 1.56. The Labute approximate surface area is 145 Å². The average molecular weight is 335 g/mol. The molecule has 1 aromatic heterocycles. The fourth-order valence-electron chi connectivity index (χ4n) is 2.22. The van der Waals surface area contributed by atoms with Crippen molar-refractivity contribution in [1.29, 1.82) is 0 Å². The molecule has 1 heterocycles. The van der Waals surface area contributed by atoms with Crippen molar-refractivity contribution in [1.82, 2.24) is 10.6 Å². The molecule has 0 aliphatic rings. The minimum absolute atomic E-state index is 0.156. The summed E-state index contributed by atoms with van der Waals surface area (Å²) in [7, 11) is 0. The minimum atomic E-state index is -0.345. The van der Waals surface area contributed by atoms with Crippen molar-refractivity contribution in [3.05, 3.63) is 72.4 Å². The Morgan fingerprint density at radius 2 is 1.88 bits per heavy atom. The molecule has 0 unspecified atom stereocenters. The zero-order valence-corrected chi connectivity index (χ0v) is 13.7. The number of nitrogens with one attached hydrogen (secondary N) is 1. The quantitative estimate of drug-likeness (QED) is 0.554. The van der Waals surface area contributed by atoms with E-state index in [1.165, 1.54) is 0 Å². The van der Waals surface area contributed by atoms with Gasteiger partial charge in [-0.1, -0.05) is 47.6 Å². The Morgan fingerprint density at radius 1 is 1.12 bits per heavy atom. The Kier molecular flexibility index (Phi) is 5.21. The Morgan fingerprint density at radius 3 is 2.64 bits per heavy atom. The van der Waals surface area contributed by atoms with Gasteiger partial charge in [-0.25, -0.2) is 5.43 Å². The van der Waals surface area contributed by atoms with Gasteiger partial charge < -0.3 is 9.26 Å². The first-order chi connectivity index (χ1) is 12.2. The molecule has 0 saturated heterocycles. The van der Waals surface area contributed by atoms with Gasteiger partial charge in [-0.3, -0.25) is 4.79 Å². The molecule has 1 N–H and O–H groups in total. The molecule has 0 fully saturated rings. The third-order valence-electron chi connectivity index (χ3n) is 3.49. The van der Waals surface area contributed by atoms with Gasteiger partial charge in [0.2, 0.25) is 0 Å². The second kappa shape index (κ2) is 7.92. The summed E-state index contributed by atoms with van der Waals surface area (Å²) in [6, 6.07) is 18.6. The van der Waals surface area contributed by atoms with Gasteiger partial charge in [-0.2, -0.15) is 5.10 Å². The number of benzene rings is 2. The van der Waals surface area contributed by atoms with Crippen LogP contribution in [0.3, 0.4) is 0 Å². The summed E-state index contributed by atoms with van der Waals surface area (Å²) in [5.74, 6) is 0.773. The number of hydrazone groups is 1. The summed E-state index contributed by atoms with van der Waals surface area (Å²) in [4.78, 5) is 12.0. The molecule has 0 aliphatic carbocycles. The highest BCUT2D eigenvalue weighted by molar-refractivity contribution is 5.99. The molecule has 6 heteroatoms. The highest BCUT2D eigenvalue weighted by atomic mass is 16.5. The number of carbonyl (C=O) groups excluding carboxylic acids is 1. The molecule has 2 aromatic carbocycles. The SMILES string of the molecule is C/C(=N\NC(=O)COc1ccccc1-c1ccno1)c1ccccc1. The van der Waals surface area contributed by atoms with Gasteiger partial charge in [0.15, 0.2) is 12.4 Å². The molecule has 0 atom stereocenters. The van der Waals surface area contributed by atoms with Crippen molar-refractivity contribution in [2.75, 3.05) is 6.61 Å². The van der Waals surface area contributed by atoms with Crippen molar-refractivity contribution < 1.29 is 14.1 Å². The maximum absolute atomic E-state index is 12.0. The third kappa shape index (κ3) is 4.32. The number of carbonyl (C=O) groups is 1. The molecular formula is C19H17N3O3. The van der Waals surface area contributed by atoms with Gasteiger partial charge in [-0.15, -0.1) is 0 Å². The molecule has 0 spiro atoms. The molecule has 126 valence electrons. The lowest BCUT2D eigenvalue weighted by Gasteiger charge is -2.09. The summed E-state index contributed by atoms with van der Waals surface area (Å²) >= 11 is 0. The normalized spacial score (nSPS) is 11.2. The maximum atomic E-state index is 12.0. The van der Waals surface area contributed by atoms with Gasteiger partial charge in [0.1, 0.15) is 5.75 Å². The van der Waals surface area contributed by atoms with Gasteiger partial charge >= 0.3 is 0 Å². The molecular weight excluding hydrogens is 318 g/mol. The van der Waals surface area contributed by atoms with E-state index in [1.54, 1.807) is 18.3 Å². The van der Waals surface area contributed by atoms with Gasteiger partial charge in [0, 0.05) is 6.07 Å². The van der Waals surface area contributed by atoms with Crippen molar-refractivity contribution in [3.63, 3.8) is 0 Å². The predicted molar refractivity (Wildman–Crippen MR) is 94.2 cm³/mol. The molecule has 0 radical (unpaired) electrons. The van der Waals surface area contributed by atoms with Crippen LogP contribution in [0.25, 0.3) is 11.3 Å². The van der Waals surface area contributed by atoms with Crippen molar-refractivity contribution in [3.8, 4) is 17.1 Å². The van der Waals surface area contributed by atoms with E-state index in [0.717, 1.165) is 16.8 Å². The Balaban J connectivity index is 1.60. The van der Waals surface area contributed by atoms with E-state index in [4.69, 9.17) is 9.26 Å². The van der Waals surface area contributed by atoms with Crippen LogP contribution in [0.2, 0.25) is 0 Å². The monoisotopic (exact) mass is 335 g/mol. The summed E-state index contributed by atoms with van der Waals surface area (Å²) in [5, 5.41) is 7.77. The minimum Gasteiger partial charge on any atom is -0.483 e. The lowest BCUT2D eigenvalue weighted by atomic mass is 10.1. The second-order valence-corrected chi connectivity index (χ2v) is 5.26. The number of ether oxygens (including phenoxy) is 1. The lowest BCUT2D eigenvalue weighted by Crippen LogP contribution is -2.25. The number of hydrogen-bond acceptors (Lipinski definition) is 5. The number of rotatable bonds is 6. The summed E-state index contributed by atoms with van der Waals surface area (Å²) < 4.78 is 10.7.